The lowest BCUT2D eigenvalue weighted by molar-refractivity contribution is 0.00578. The van der Waals surface area contributed by atoms with Gasteiger partial charge in [-0.05, 0) is 56.7 Å². The zero-order valence-electron chi connectivity index (χ0n) is 15.9. The molecule has 0 aromatic heterocycles. The molecule has 1 saturated heterocycles. The summed E-state index contributed by atoms with van der Waals surface area (Å²) in [6.45, 7) is 7.45. The van der Waals surface area contributed by atoms with Gasteiger partial charge in [-0.2, -0.15) is 0 Å². The first-order chi connectivity index (χ1) is 12.1. The summed E-state index contributed by atoms with van der Waals surface area (Å²) in [5.74, 6) is -1.78. The van der Waals surface area contributed by atoms with Crippen molar-refractivity contribution in [2.75, 3.05) is 13.9 Å². The molecule has 1 aliphatic heterocycles. The van der Waals surface area contributed by atoms with Crippen molar-refractivity contribution in [3.63, 3.8) is 0 Å². The van der Waals surface area contributed by atoms with Crippen LogP contribution in [-0.4, -0.2) is 32.2 Å². The maximum absolute atomic E-state index is 14.6. The fourth-order valence-electron chi connectivity index (χ4n) is 2.69. The van der Waals surface area contributed by atoms with Gasteiger partial charge in [0.2, 0.25) is 0 Å². The Morgan fingerprint density at radius 1 is 1.16 bits per heavy atom. The second-order valence-electron chi connectivity index (χ2n) is 7.02. The van der Waals surface area contributed by atoms with Crippen molar-refractivity contribution in [3.8, 4) is 5.75 Å². The van der Waals surface area contributed by atoms with Gasteiger partial charge in [-0.25, -0.2) is 8.78 Å². The Hall–Kier alpha value is -1.70. The molecule has 7 heteroatoms. The summed E-state index contributed by atoms with van der Waals surface area (Å²) in [6.07, 6.45) is 0. The summed E-state index contributed by atoms with van der Waals surface area (Å²) >= 11 is 0. The third kappa shape index (κ3) is 3.12. The quantitative estimate of drug-likeness (QED) is 0.625. The Labute approximate surface area is 147 Å². The van der Waals surface area contributed by atoms with E-state index in [0.717, 1.165) is 6.07 Å². The molecule has 3 rings (SSSR count). The Balaban J connectivity index is 2.22. The lowest BCUT2D eigenvalue weighted by atomic mass is 9.75. The second kappa shape index (κ2) is 6.23. The fourth-order valence-corrected chi connectivity index (χ4v) is 2.69. The molecule has 1 aliphatic rings. The summed E-state index contributed by atoms with van der Waals surface area (Å²) in [4.78, 5) is 0. The third-order valence-electron chi connectivity index (χ3n) is 4.78. The first-order valence-electron chi connectivity index (χ1n) is 8.47. The smallest absolute Gasteiger partial charge is 0.468 e. The van der Waals surface area contributed by atoms with Crippen molar-refractivity contribution in [3.05, 3.63) is 35.9 Å². The lowest BCUT2D eigenvalue weighted by Gasteiger charge is -2.32. The van der Waals surface area contributed by atoms with Gasteiger partial charge in [0.05, 0.1) is 12.6 Å². The average Bonchev–Trinajstić information content (AvgIpc) is 2.78. The van der Waals surface area contributed by atoms with Gasteiger partial charge in [0.25, 0.3) is 0 Å². The van der Waals surface area contributed by atoms with Crippen LogP contribution in [0.3, 0.4) is 0 Å². The maximum Gasteiger partial charge on any atom is 0.495 e. The van der Waals surface area contributed by atoms with E-state index >= 15 is 0 Å². The maximum atomic E-state index is 14.6. The molecule has 25 heavy (non-hydrogen) atoms. The number of hydrogen-bond acceptors (Lipinski definition) is 4. The molecule has 0 aliphatic carbocycles. The highest BCUT2D eigenvalue weighted by Gasteiger charge is 2.52. The number of fused-ring (bicyclic) bond motifs is 1. The van der Waals surface area contributed by atoms with Crippen LogP contribution in [0.15, 0.2) is 24.2 Å². The topological polar surface area (TPSA) is 36.9 Å². The van der Waals surface area contributed by atoms with Crippen LogP contribution in [0, 0.1) is 11.6 Å². The molecule has 1 heterocycles. The van der Waals surface area contributed by atoms with E-state index in [-0.39, 0.29) is 29.1 Å². The lowest BCUT2D eigenvalue weighted by Crippen LogP contribution is -2.41. The molecule has 134 valence electrons. The van der Waals surface area contributed by atoms with E-state index in [2.05, 4.69) is 0 Å². The summed E-state index contributed by atoms with van der Waals surface area (Å²) in [6, 6.07) is 3.70. The normalized spacial score (nSPS) is 19.3. The summed E-state index contributed by atoms with van der Waals surface area (Å²) in [7, 11) is 0.547. The minimum atomic E-state index is -1.09. The van der Waals surface area contributed by atoms with E-state index in [0.29, 0.717) is 5.75 Å². The number of rotatable bonds is 4. The van der Waals surface area contributed by atoms with Crippen LogP contribution in [-0.2, 0) is 14.0 Å². The summed E-state index contributed by atoms with van der Waals surface area (Å²) < 4.78 is 58.9. The monoisotopic (exact) mass is 351 g/mol. The van der Waals surface area contributed by atoms with E-state index in [1.54, 1.807) is 0 Å². The van der Waals surface area contributed by atoms with Crippen LogP contribution in [0.1, 0.15) is 29.1 Å². The standard InChI is InChI=1S/C18H21BF2O4/c1-17(2)18(3,4)25-19(24-17)13-9-12(23-10-22-5)8-11-6-7-14(20)16(21)15(11)13/h6-9H,10H2,1-5H3/i6D. The van der Waals surface area contributed by atoms with Gasteiger partial charge in [0.15, 0.2) is 18.4 Å². The molecule has 0 spiro atoms. The number of hydrogen-bond donors (Lipinski definition) is 0. The number of methoxy groups -OCH3 is 1. The van der Waals surface area contributed by atoms with Gasteiger partial charge in [-0.3, -0.25) is 0 Å². The van der Waals surface area contributed by atoms with Gasteiger partial charge in [0, 0.05) is 12.5 Å². The molecule has 4 nitrogen and oxygen atoms in total. The third-order valence-corrected chi connectivity index (χ3v) is 4.78. The molecule has 0 amide bonds. The fraction of sp³-hybridized carbons (Fsp3) is 0.444. The van der Waals surface area contributed by atoms with Crippen LogP contribution in [0.5, 0.6) is 5.75 Å². The highest BCUT2D eigenvalue weighted by atomic mass is 19.2. The first kappa shape index (κ1) is 16.8. The summed E-state index contributed by atoms with van der Waals surface area (Å²) in [5, 5.41) is 0.167. The molecular weight excluding hydrogens is 329 g/mol. The van der Waals surface area contributed by atoms with Crippen LogP contribution in [0.4, 0.5) is 8.78 Å². The Bertz CT molecular complexity index is 841. The molecule has 0 unspecified atom stereocenters. The van der Waals surface area contributed by atoms with E-state index < -0.39 is 30.0 Å². The number of benzene rings is 2. The van der Waals surface area contributed by atoms with Gasteiger partial charge >= 0.3 is 7.12 Å². The van der Waals surface area contributed by atoms with Crippen LogP contribution in [0.2, 0.25) is 0 Å². The number of halogens is 2. The second-order valence-corrected chi connectivity index (χ2v) is 7.02. The van der Waals surface area contributed by atoms with E-state index in [4.69, 9.17) is 20.2 Å². The predicted molar refractivity (Wildman–Crippen MR) is 92.1 cm³/mol. The largest absolute Gasteiger partial charge is 0.495 e. The number of ether oxygens (including phenoxy) is 2. The Morgan fingerprint density at radius 2 is 1.80 bits per heavy atom. The molecule has 0 radical (unpaired) electrons. The first-order valence-corrected chi connectivity index (χ1v) is 7.97. The van der Waals surface area contributed by atoms with Crippen LogP contribution in [0.25, 0.3) is 10.8 Å². The van der Waals surface area contributed by atoms with Gasteiger partial charge < -0.3 is 18.8 Å². The molecule has 0 bridgehead atoms. The molecule has 0 N–H and O–H groups in total. The van der Waals surface area contributed by atoms with Crippen molar-refractivity contribution < 1.29 is 28.9 Å². The van der Waals surface area contributed by atoms with Crippen molar-refractivity contribution in [2.24, 2.45) is 0 Å². The Kier molecular flexibility index (Phi) is 4.18. The van der Waals surface area contributed by atoms with E-state index in [9.17, 15) is 8.78 Å². The van der Waals surface area contributed by atoms with Crippen LogP contribution < -0.4 is 10.2 Å². The van der Waals surface area contributed by atoms with Crippen LogP contribution >= 0.6 is 0 Å². The minimum absolute atomic E-state index is 0.0225. The highest BCUT2D eigenvalue weighted by Crippen LogP contribution is 2.37. The molecule has 1 fully saturated rings. The highest BCUT2D eigenvalue weighted by molar-refractivity contribution is 6.65. The van der Waals surface area contributed by atoms with Crippen molar-refractivity contribution in [2.45, 2.75) is 38.9 Å². The SMILES string of the molecule is [2H]c1cc(F)c(F)c2c(B3OC(C)(C)C(C)(C)O3)cc(OCOC)cc12. The Morgan fingerprint density at radius 3 is 2.40 bits per heavy atom. The van der Waals surface area contributed by atoms with Crippen molar-refractivity contribution in [1.29, 1.82) is 0 Å². The van der Waals surface area contributed by atoms with E-state index in [1.807, 2.05) is 27.7 Å². The minimum Gasteiger partial charge on any atom is -0.468 e. The summed E-state index contributed by atoms with van der Waals surface area (Å²) in [5.41, 5.74) is -1.03. The molecular formula is C18H21BF2O4. The van der Waals surface area contributed by atoms with Crippen molar-refractivity contribution >= 4 is 23.4 Å². The predicted octanol–water partition coefficient (Wildman–Crippen LogP) is 3.40. The molecule has 2 aromatic carbocycles. The van der Waals surface area contributed by atoms with Gasteiger partial charge in [-0.15, -0.1) is 0 Å². The molecule has 0 saturated carbocycles. The van der Waals surface area contributed by atoms with Gasteiger partial charge in [-0.1, -0.05) is 6.04 Å². The van der Waals surface area contributed by atoms with Crippen molar-refractivity contribution in [1.82, 2.24) is 0 Å². The van der Waals surface area contributed by atoms with E-state index in [1.165, 1.54) is 19.2 Å². The zero-order chi connectivity index (χ0) is 19.3. The molecule has 0 atom stereocenters. The molecule has 2 aromatic rings. The zero-order valence-corrected chi connectivity index (χ0v) is 14.9. The average molecular weight is 351 g/mol. The van der Waals surface area contributed by atoms with Gasteiger partial charge in [0.1, 0.15) is 5.75 Å².